The number of aliphatic carboxylic acids is 1. The van der Waals surface area contributed by atoms with E-state index in [2.05, 4.69) is 0 Å². The van der Waals surface area contributed by atoms with Crippen LogP contribution in [-0.4, -0.2) is 40.3 Å². The maximum Gasteiger partial charge on any atom is 0.334 e. The fourth-order valence-electron chi connectivity index (χ4n) is 0.467. The van der Waals surface area contributed by atoms with Crippen LogP contribution in [0.25, 0.3) is 0 Å². The lowest BCUT2D eigenvalue weighted by atomic mass is 10.2. The van der Waals surface area contributed by atoms with Gasteiger partial charge in [-0.05, 0) is 6.26 Å². The number of rotatable bonds is 4. The van der Waals surface area contributed by atoms with Crippen LogP contribution >= 0.6 is 11.8 Å². The molecule has 0 aromatic heterocycles. The van der Waals surface area contributed by atoms with Gasteiger partial charge in [-0.2, -0.15) is 11.8 Å². The number of aliphatic hydroxyl groups excluding tert-OH is 1. The van der Waals surface area contributed by atoms with Crippen LogP contribution in [-0.2, 0) is 4.79 Å². The number of thioether (sulfide) groups is 1. The molecule has 0 aliphatic rings. The molecule has 4 nitrogen and oxygen atoms in total. The van der Waals surface area contributed by atoms with Gasteiger partial charge in [-0.15, -0.1) is 0 Å². The molecule has 4 N–H and O–H groups in total. The van der Waals surface area contributed by atoms with E-state index in [1.54, 1.807) is 6.26 Å². The minimum Gasteiger partial charge on any atom is -0.479 e. The van der Waals surface area contributed by atoms with Crippen molar-refractivity contribution in [1.29, 1.82) is 0 Å². The lowest BCUT2D eigenvalue weighted by Gasteiger charge is -2.12. The maximum absolute atomic E-state index is 10.1. The van der Waals surface area contributed by atoms with E-state index >= 15 is 0 Å². The lowest BCUT2D eigenvalue weighted by Crippen LogP contribution is -2.42. The predicted octanol–water partition coefficient (Wildman–Crippen LogP) is -0.878. The molecule has 1 unspecified atom stereocenters. The van der Waals surface area contributed by atoms with E-state index in [9.17, 15) is 4.79 Å². The summed E-state index contributed by atoms with van der Waals surface area (Å²) in [6, 6.07) is -0.674. The van der Waals surface area contributed by atoms with Crippen LogP contribution in [0.15, 0.2) is 0 Å². The van der Waals surface area contributed by atoms with Gasteiger partial charge in [-0.1, -0.05) is 0 Å². The van der Waals surface area contributed by atoms with Crippen molar-refractivity contribution < 1.29 is 15.0 Å². The number of carboxylic acids is 1. The molecule has 0 heterocycles. The molecule has 0 aromatic rings. The number of nitrogens with two attached hydrogens (primary N) is 1. The summed E-state index contributed by atoms with van der Waals surface area (Å²) in [7, 11) is 0. The average Bonchev–Trinajstić information content (AvgIpc) is 1.87. The summed E-state index contributed by atoms with van der Waals surface area (Å²) in [4.78, 5) is 10.1. The highest BCUT2D eigenvalue weighted by Gasteiger charge is 2.20. The van der Waals surface area contributed by atoms with E-state index in [-0.39, 0.29) is 0 Å². The van der Waals surface area contributed by atoms with Gasteiger partial charge in [0.25, 0.3) is 0 Å². The third-order valence-corrected chi connectivity index (χ3v) is 1.74. The Morgan fingerprint density at radius 3 is 2.60 bits per heavy atom. The Kier molecular flexibility index (Phi) is 4.42. The first kappa shape index (κ1) is 9.74. The summed E-state index contributed by atoms with van der Waals surface area (Å²) in [6.07, 6.45) is 0.362. The second kappa shape index (κ2) is 4.54. The number of carboxylic acid groups (broad SMARTS) is 1. The number of carbonyl (C=O) groups is 1. The smallest absolute Gasteiger partial charge is 0.334 e. The molecule has 0 fully saturated rings. The minimum atomic E-state index is -1.44. The summed E-state index contributed by atoms with van der Waals surface area (Å²) in [5.41, 5.74) is 5.28. The highest BCUT2D eigenvalue weighted by Crippen LogP contribution is 1.99. The van der Waals surface area contributed by atoms with Crippen LogP contribution in [0.5, 0.6) is 0 Å². The summed E-state index contributed by atoms with van der Waals surface area (Å²) < 4.78 is 0. The second-order valence-electron chi connectivity index (χ2n) is 1.90. The molecule has 0 saturated heterocycles. The van der Waals surface area contributed by atoms with E-state index < -0.39 is 18.1 Å². The van der Waals surface area contributed by atoms with Crippen molar-refractivity contribution in [2.45, 2.75) is 12.1 Å². The van der Waals surface area contributed by atoms with Crippen LogP contribution in [0.3, 0.4) is 0 Å². The topological polar surface area (TPSA) is 83.5 Å². The van der Waals surface area contributed by atoms with Crippen molar-refractivity contribution in [3.63, 3.8) is 0 Å². The SMILES string of the molecule is CSC[C@H](N)C(O)C(=O)O. The van der Waals surface area contributed by atoms with Gasteiger partial charge in [0, 0.05) is 5.75 Å². The molecule has 0 radical (unpaired) electrons. The van der Waals surface area contributed by atoms with Crippen LogP contribution in [0.4, 0.5) is 0 Å². The summed E-state index contributed by atoms with van der Waals surface area (Å²) in [5, 5.41) is 17.0. The van der Waals surface area contributed by atoms with Crippen molar-refractivity contribution in [3.8, 4) is 0 Å². The molecular weight excluding hydrogens is 154 g/mol. The van der Waals surface area contributed by atoms with Gasteiger partial charge in [-0.3, -0.25) is 0 Å². The molecule has 0 aliphatic heterocycles. The molecule has 2 atom stereocenters. The zero-order valence-electron chi connectivity index (χ0n) is 5.65. The van der Waals surface area contributed by atoms with Gasteiger partial charge >= 0.3 is 5.97 Å². The van der Waals surface area contributed by atoms with Crippen molar-refractivity contribution >= 4 is 17.7 Å². The van der Waals surface area contributed by atoms with Crippen molar-refractivity contribution in [2.75, 3.05) is 12.0 Å². The molecule has 5 heteroatoms. The fraction of sp³-hybridized carbons (Fsp3) is 0.800. The van der Waals surface area contributed by atoms with Crippen LogP contribution in [0.2, 0.25) is 0 Å². The molecule has 0 aromatic carbocycles. The monoisotopic (exact) mass is 165 g/mol. The highest BCUT2D eigenvalue weighted by atomic mass is 32.2. The molecule has 0 amide bonds. The third-order valence-electron chi connectivity index (χ3n) is 1.02. The first-order valence-corrected chi connectivity index (χ1v) is 4.14. The minimum absolute atomic E-state index is 0.452. The second-order valence-corrected chi connectivity index (χ2v) is 2.81. The van der Waals surface area contributed by atoms with Gasteiger partial charge in [-0.25, -0.2) is 4.79 Å². The Bertz CT molecular complexity index is 119. The van der Waals surface area contributed by atoms with E-state index in [1.165, 1.54) is 11.8 Å². The van der Waals surface area contributed by atoms with Gasteiger partial charge in [0.1, 0.15) is 0 Å². The largest absolute Gasteiger partial charge is 0.479 e. The third kappa shape index (κ3) is 3.05. The van der Waals surface area contributed by atoms with Gasteiger partial charge in [0.15, 0.2) is 6.10 Å². The predicted molar refractivity (Wildman–Crippen MR) is 40.0 cm³/mol. The normalized spacial score (nSPS) is 16.3. The quantitative estimate of drug-likeness (QED) is 0.504. The molecule has 0 rings (SSSR count). The first-order chi connectivity index (χ1) is 4.59. The van der Waals surface area contributed by atoms with E-state index in [4.69, 9.17) is 15.9 Å². The van der Waals surface area contributed by atoms with E-state index in [0.29, 0.717) is 5.75 Å². The van der Waals surface area contributed by atoms with E-state index in [1.807, 2.05) is 0 Å². The molecule has 0 bridgehead atoms. The van der Waals surface area contributed by atoms with Gasteiger partial charge in [0.2, 0.25) is 0 Å². The van der Waals surface area contributed by atoms with Crippen molar-refractivity contribution in [2.24, 2.45) is 5.73 Å². The summed E-state index contributed by atoms with van der Waals surface area (Å²) >= 11 is 1.41. The zero-order valence-corrected chi connectivity index (χ0v) is 6.47. The van der Waals surface area contributed by atoms with Crippen LogP contribution < -0.4 is 5.73 Å². The average molecular weight is 165 g/mol. The van der Waals surface area contributed by atoms with Crippen LogP contribution in [0, 0.1) is 0 Å². The Morgan fingerprint density at radius 2 is 2.30 bits per heavy atom. The highest BCUT2D eigenvalue weighted by molar-refractivity contribution is 7.98. The van der Waals surface area contributed by atoms with Crippen LogP contribution in [0.1, 0.15) is 0 Å². The summed E-state index contributed by atoms with van der Waals surface area (Å²) in [6.45, 7) is 0. The molecule has 0 aliphatic carbocycles. The molecule has 0 saturated carbocycles. The summed E-state index contributed by atoms with van der Waals surface area (Å²) in [5.74, 6) is -0.811. The Morgan fingerprint density at radius 1 is 1.80 bits per heavy atom. The molecule has 60 valence electrons. The lowest BCUT2D eigenvalue weighted by molar-refractivity contribution is -0.147. The first-order valence-electron chi connectivity index (χ1n) is 2.75. The molecule has 0 spiro atoms. The molecular formula is C5H11NO3S. The maximum atomic E-state index is 10.1. The Hall–Kier alpha value is -0.260. The van der Waals surface area contributed by atoms with Crippen molar-refractivity contribution in [3.05, 3.63) is 0 Å². The Balaban J connectivity index is 3.69. The van der Waals surface area contributed by atoms with Crippen molar-refractivity contribution in [1.82, 2.24) is 0 Å². The number of hydrogen-bond donors (Lipinski definition) is 3. The fourth-order valence-corrected chi connectivity index (χ4v) is 1.03. The number of aliphatic hydroxyl groups is 1. The zero-order chi connectivity index (χ0) is 8.15. The van der Waals surface area contributed by atoms with E-state index in [0.717, 1.165) is 0 Å². The van der Waals surface area contributed by atoms with Gasteiger partial charge in [0.05, 0.1) is 6.04 Å². The van der Waals surface area contributed by atoms with Gasteiger partial charge < -0.3 is 15.9 Å². The Labute approximate surface area is 63.4 Å². The standard InChI is InChI=1S/C5H11NO3S/c1-10-2-3(6)4(7)5(8)9/h3-4,7H,2,6H2,1H3,(H,8,9)/t3-,4?/m0/s1. The molecule has 10 heavy (non-hydrogen) atoms. The number of hydrogen-bond acceptors (Lipinski definition) is 4.